The fourth-order valence-electron chi connectivity index (χ4n) is 7.98. The van der Waals surface area contributed by atoms with Crippen molar-refractivity contribution in [1.82, 2.24) is 0 Å². The fraction of sp³-hybridized carbons (Fsp3) is 0.796. The molecule has 2 fully saturated rings. The minimum Gasteiger partial charge on any atom is -0.457 e. The minimum absolute atomic E-state index is 0.0492. The van der Waals surface area contributed by atoms with Crippen molar-refractivity contribution in [1.29, 1.82) is 0 Å². The van der Waals surface area contributed by atoms with Crippen molar-refractivity contribution in [2.75, 3.05) is 33.0 Å². The summed E-state index contributed by atoms with van der Waals surface area (Å²) in [5.74, 6) is -0.394. The van der Waals surface area contributed by atoms with Gasteiger partial charge in [-0.15, -0.1) is 0 Å². The van der Waals surface area contributed by atoms with Gasteiger partial charge in [-0.1, -0.05) is 152 Å². The zero-order valence-electron chi connectivity index (χ0n) is 41.8. The highest BCUT2D eigenvalue weighted by atomic mass is 16.7. The third-order valence-electron chi connectivity index (χ3n) is 12.3. The Balaban J connectivity index is 1.77. The minimum atomic E-state index is -1.71. The third-order valence-corrected chi connectivity index (χ3v) is 12.3. The van der Waals surface area contributed by atoms with Gasteiger partial charge in [-0.05, 0) is 77.0 Å². The van der Waals surface area contributed by atoms with Gasteiger partial charge in [0, 0.05) is 13.0 Å². The van der Waals surface area contributed by atoms with Gasteiger partial charge in [0.2, 0.25) is 0 Å². The summed E-state index contributed by atoms with van der Waals surface area (Å²) in [6.45, 7) is 3.53. The Hall–Kier alpha value is -2.31. The molecule has 0 aliphatic carbocycles. The van der Waals surface area contributed by atoms with E-state index in [9.17, 15) is 40.5 Å². The van der Waals surface area contributed by atoms with Gasteiger partial charge in [-0.25, -0.2) is 0 Å². The maximum Gasteiger partial charge on any atom is 0.306 e. The number of carbonyl (C=O) groups excluding carboxylic acids is 1. The van der Waals surface area contributed by atoms with Crippen molar-refractivity contribution in [3.8, 4) is 0 Å². The molecule has 0 aromatic heterocycles. The van der Waals surface area contributed by atoms with Crippen molar-refractivity contribution in [2.45, 2.75) is 242 Å². The van der Waals surface area contributed by atoms with Crippen molar-refractivity contribution in [3.05, 3.63) is 60.8 Å². The molecule has 0 amide bonds. The van der Waals surface area contributed by atoms with Crippen molar-refractivity contribution >= 4 is 5.97 Å². The van der Waals surface area contributed by atoms with E-state index < -0.39 is 86.7 Å². The van der Waals surface area contributed by atoms with Gasteiger partial charge in [0.25, 0.3) is 0 Å². The molecule has 0 radical (unpaired) electrons. The van der Waals surface area contributed by atoms with E-state index in [0.29, 0.717) is 13.0 Å². The molecule has 0 saturated carbocycles. The lowest BCUT2D eigenvalue weighted by Gasteiger charge is -2.42. The smallest absolute Gasteiger partial charge is 0.306 e. The maximum atomic E-state index is 13.0. The molecule has 2 heterocycles. The molecule has 11 atom stereocenters. The standard InChI is InChI=1S/C54H94O14/c1-3-5-7-9-11-13-15-17-19-20-21-22-23-25-27-29-31-33-35-37-46(56)66-43(40-63-38-36-34-32-30-28-26-24-18-16-14-12-10-8-6-4-2)41-64-53-52(62)50(60)48(58)45(68-53)42-65-54-51(61)49(59)47(57)44(39-55)67-54/h5,7,11,13,16-19,21-22,43-45,47-55,57-62H,3-4,6,8-10,12,14-15,20,23-42H2,1-2H3/b7-5-,13-11-,18-16-,19-17-,22-21-. The van der Waals surface area contributed by atoms with Crippen LogP contribution in [0.15, 0.2) is 60.8 Å². The molecule has 2 rings (SSSR count). The number of carbonyl (C=O) groups is 1. The van der Waals surface area contributed by atoms with Crippen LogP contribution in [0.4, 0.5) is 0 Å². The van der Waals surface area contributed by atoms with Crippen LogP contribution in [-0.2, 0) is 33.2 Å². The molecule has 14 heteroatoms. The number of hydrogen-bond donors (Lipinski definition) is 7. The zero-order chi connectivity index (χ0) is 49.5. The zero-order valence-corrected chi connectivity index (χ0v) is 41.8. The Bertz CT molecular complexity index is 1350. The highest BCUT2D eigenvalue weighted by molar-refractivity contribution is 5.69. The number of aliphatic hydroxyl groups is 7. The summed E-state index contributed by atoms with van der Waals surface area (Å²) >= 11 is 0. The predicted molar refractivity (Wildman–Crippen MR) is 266 cm³/mol. The normalized spacial score (nSPS) is 26.4. The topological polar surface area (TPSA) is 214 Å². The predicted octanol–water partition coefficient (Wildman–Crippen LogP) is 8.13. The van der Waals surface area contributed by atoms with E-state index in [2.05, 4.69) is 74.6 Å². The van der Waals surface area contributed by atoms with Gasteiger partial charge in [0.15, 0.2) is 12.6 Å². The van der Waals surface area contributed by atoms with Crippen LogP contribution in [0.1, 0.15) is 174 Å². The number of unbranched alkanes of at least 4 members (excludes halogenated alkanes) is 17. The molecule has 2 saturated heterocycles. The van der Waals surface area contributed by atoms with Crippen LogP contribution < -0.4 is 0 Å². The number of ether oxygens (including phenoxy) is 6. The van der Waals surface area contributed by atoms with Gasteiger partial charge >= 0.3 is 5.97 Å². The van der Waals surface area contributed by atoms with Gasteiger partial charge < -0.3 is 64.2 Å². The van der Waals surface area contributed by atoms with Gasteiger partial charge in [0.1, 0.15) is 54.9 Å². The van der Waals surface area contributed by atoms with Crippen LogP contribution in [0.5, 0.6) is 0 Å². The second kappa shape index (κ2) is 41.3. The van der Waals surface area contributed by atoms with Crippen LogP contribution >= 0.6 is 0 Å². The van der Waals surface area contributed by atoms with Gasteiger partial charge in [-0.3, -0.25) is 4.79 Å². The van der Waals surface area contributed by atoms with E-state index >= 15 is 0 Å². The van der Waals surface area contributed by atoms with Crippen LogP contribution in [0.25, 0.3) is 0 Å². The van der Waals surface area contributed by atoms with Crippen LogP contribution in [-0.4, -0.2) is 142 Å². The van der Waals surface area contributed by atoms with Crippen molar-refractivity contribution < 1.29 is 69.0 Å². The Morgan fingerprint density at radius 2 is 0.956 bits per heavy atom. The molecule has 0 spiro atoms. The SMILES string of the molecule is CC/C=C\C/C=C\C/C=C\C/C=C\CCCCCCCCC(=O)OC(COCCCCCCCC/C=C\CCCCCCC)COC1OC(COC2OC(CO)C(O)C(O)C2O)C(O)C(O)C1O. The Morgan fingerprint density at radius 1 is 0.500 bits per heavy atom. The van der Waals surface area contributed by atoms with E-state index in [1.165, 1.54) is 57.8 Å². The average Bonchev–Trinajstić information content (AvgIpc) is 3.33. The second-order valence-electron chi connectivity index (χ2n) is 18.3. The summed E-state index contributed by atoms with van der Waals surface area (Å²) in [6, 6.07) is 0. The summed E-state index contributed by atoms with van der Waals surface area (Å²) < 4.78 is 34.3. The number of hydrogen-bond acceptors (Lipinski definition) is 14. The maximum absolute atomic E-state index is 13.0. The molecular weight excluding hydrogens is 873 g/mol. The Morgan fingerprint density at radius 3 is 1.51 bits per heavy atom. The summed E-state index contributed by atoms with van der Waals surface area (Å²) in [7, 11) is 0. The van der Waals surface area contributed by atoms with Crippen molar-refractivity contribution in [2.24, 2.45) is 0 Å². The molecule has 2 aliphatic heterocycles. The molecule has 7 N–H and O–H groups in total. The Labute approximate surface area is 409 Å². The van der Waals surface area contributed by atoms with E-state index in [1.807, 2.05) is 0 Å². The first kappa shape index (κ1) is 61.8. The average molecular weight is 967 g/mol. The molecule has 2 aliphatic rings. The largest absolute Gasteiger partial charge is 0.457 e. The molecule has 394 valence electrons. The summed E-state index contributed by atoms with van der Waals surface area (Å²) in [6.07, 6.45) is 32.7. The molecule has 11 unspecified atom stereocenters. The fourth-order valence-corrected chi connectivity index (χ4v) is 7.98. The summed E-state index contributed by atoms with van der Waals surface area (Å²) in [5, 5.41) is 72.2. The van der Waals surface area contributed by atoms with Gasteiger partial charge in [0.05, 0.1) is 26.4 Å². The first-order chi connectivity index (χ1) is 33.1. The van der Waals surface area contributed by atoms with E-state index in [0.717, 1.165) is 89.9 Å². The Kier molecular flexibility index (Phi) is 37.6. The molecule has 0 aromatic carbocycles. The lowest BCUT2D eigenvalue weighted by Crippen LogP contribution is -2.61. The first-order valence-electron chi connectivity index (χ1n) is 26.4. The lowest BCUT2D eigenvalue weighted by atomic mass is 9.98. The highest BCUT2D eigenvalue weighted by Gasteiger charge is 2.47. The highest BCUT2D eigenvalue weighted by Crippen LogP contribution is 2.26. The van der Waals surface area contributed by atoms with Crippen LogP contribution in [0.2, 0.25) is 0 Å². The van der Waals surface area contributed by atoms with E-state index in [-0.39, 0.29) is 19.6 Å². The number of allylic oxidation sites excluding steroid dienone is 10. The third kappa shape index (κ3) is 28.5. The number of esters is 1. The molecule has 0 bridgehead atoms. The number of rotatable bonds is 41. The molecular formula is C54H94O14. The second-order valence-corrected chi connectivity index (χ2v) is 18.3. The molecule has 68 heavy (non-hydrogen) atoms. The van der Waals surface area contributed by atoms with Crippen LogP contribution in [0.3, 0.4) is 0 Å². The quantitative estimate of drug-likeness (QED) is 0.0175. The van der Waals surface area contributed by atoms with Gasteiger partial charge in [-0.2, -0.15) is 0 Å². The van der Waals surface area contributed by atoms with Crippen molar-refractivity contribution in [3.63, 3.8) is 0 Å². The first-order valence-corrected chi connectivity index (χ1v) is 26.4. The lowest BCUT2D eigenvalue weighted by molar-refractivity contribution is -0.332. The summed E-state index contributed by atoms with van der Waals surface area (Å²) in [4.78, 5) is 13.0. The molecule has 0 aromatic rings. The number of aliphatic hydroxyl groups excluding tert-OH is 7. The molecule has 14 nitrogen and oxygen atoms in total. The summed E-state index contributed by atoms with van der Waals surface area (Å²) in [5.41, 5.74) is 0. The van der Waals surface area contributed by atoms with E-state index in [1.54, 1.807) is 0 Å². The van der Waals surface area contributed by atoms with E-state index in [4.69, 9.17) is 28.4 Å². The monoisotopic (exact) mass is 967 g/mol. The van der Waals surface area contributed by atoms with Crippen LogP contribution in [0, 0.1) is 0 Å².